The van der Waals surface area contributed by atoms with Crippen LogP contribution in [0.4, 0.5) is 0 Å². The highest BCUT2D eigenvalue weighted by Gasteiger charge is 2.40. The topological polar surface area (TPSA) is 104 Å². The van der Waals surface area contributed by atoms with E-state index in [-0.39, 0.29) is 16.4 Å². The molecule has 3 rings (SSSR count). The van der Waals surface area contributed by atoms with Gasteiger partial charge in [0.1, 0.15) is 6.04 Å². The Morgan fingerprint density at radius 1 is 1.13 bits per heavy atom. The lowest BCUT2D eigenvalue weighted by atomic mass is 10.0. The monoisotopic (exact) mass is 450 g/mol. The first-order chi connectivity index (χ1) is 14.2. The Balaban J connectivity index is 2.07. The third kappa shape index (κ3) is 4.66. The second-order valence-corrected chi connectivity index (χ2v) is 9.47. The van der Waals surface area contributed by atoms with Crippen LogP contribution in [0.1, 0.15) is 48.1 Å². The first kappa shape index (κ1) is 22.3. The number of aromatic carboxylic acids is 1. The summed E-state index contributed by atoms with van der Waals surface area (Å²) >= 11 is 5.91. The molecule has 7 nitrogen and oxygen atoms in total. The number of rotatable bonds is 6. The minimum Gasteiger partial charge on any atom is -0.478 e. The maximum atomic E-state index is 13.6. The summed E-state index contributed by atoms with van der Waals surface area (Å²) in [4.78, 5) is 23.9. The summed E-state index contributed by atoms with van der Waals surface area (Å²) in [7, 11) is -4.04. The Morgan fingerprint density at radius 3 is 2.37 bits per heavy atom. The van der Waals surface area contributed by atoms with Crippen molar-refractivity contribution in [2.45, 2.75) is 43.2 Å². The van der Waals surface area contributed by atoms with E-state index in [4.69, 9.17) is 16.7 Å². The summed E-state index contributed by atoms with van der Waals surface area (Å²) in [5.74, 6) is -1.40. The van der Waals surface area contributed by atoms with Crippen molar-refractivity contribution in [3.8, 4) is 0 Å². The standard InChI is InChI=1S/C21H23ClN2O5S/c1-14(15-5-7-16(8-6-15)21(26)27)24(19-4-2-3-13-23-20(19)25)30(28,29)18-11-9-17(22)10-12-18/h5-12,14,19H,2-4,13H2,1H3,(H,23,25)(H,26,27)/t14?,19-/m1/s1. The zero-order chi connectivity index (χ0) is 21.9. The van der Waals surface area contributed by atoms with Gasteiger partial charge in [0.2, 0.25) is 15.9 Å². The van der Waals surface area contributed by atoms with Crippen molar-refractivity contribution >= 4 is 33.5 Å². The van der Waals surface area contributed by atoms with Crippen LogP contribution in [-0.2, 0) is 14.8 Å². The Kier molecular flexibility index (Phi) is 6.80. The number of carboxylic acids is 1. The second-order valence-electron chi connectivity index (χ2n) is 7.19. The van der Waals surface area contributed by atoms with Crippen LogP contribution in [0.5, 0.6) is 0 Å². The van der Waals surface area contributed by atoms with Crippen molar-refractivity contribution < 1.29 is 23.1 Å². The van der Waals surface area contributed by atoms with Gasteiger partial charge < -0.3 is 10.4 Å². The quantitative estimate of drug-likeness (QED) is 0.701. The number of halogens is 1. The zero-order valence-electron chi connectivity index (χ0n) is 16.4. The Bertz CT molecular complexity index is 1020. The number of carbonyl (C=O) groups is 2. The smallest absolute Gasteiger partial charge is 0.335 e. The van der Waals surface area contributed by atoms with Crippen molar-refractivity contribution in [3.05, 3.63) is 64.7 Å². The van der Waals surface area contributed by atoms with Crippen molar-refractivity contribution in [3.63, 3.8) is 0 Å². The normalized spacial score (nSPS) is 18.5. The van der Waals surface area contributed by atoms with E-state index in [0.29, 0.717) is 30.0 Å². The molecule has 1 fully saturated rings. The highest BCUT2D eigenvalue weighted by molar-refractivity contribution is 7.89. The predicted molar refractivity (Wildman–Crippen MR) is 113 cm³/mol. The van der Waals surface area contributed by atoms with Gasteiger partial charge in [-0.25, -0.2) is 13.2 Å². The van der Waals surface area contributed by atoms with E-state index >= 15 is 0 Å². The fourth-order valence-corrected chi connectivity index (χ4v) is 5.51. The van der Waals surface area contributed by atoms with Gasteiger partial charge in [0, 0.05) is 17.6 Å². The molecule has 9 heteroatoms. The predicted octanol–water partition coefficient (Wildman–Crippen LogP) is 3.46. The lowest BCUT2D eigenvalue weighted by Gasteiger charge is -2.34. The van der Waals surface area contributed by atoms with Crippen LogP contribution in [0.3, 0.4) is 0 Å². The Hall–Kier alpha value is -2.42. The van der Waals surface area contributed by atoms with E-state index in [1.165, 1.54) is 40.7 Å². The molecular formula is C21H23ClN2O5S. The van der Waals surface area contributed by atoms with Gasteiger partial charge in [-0.2, -0.15) is 4.31 Å². The first-order valence-corrected chi connectivity index (χ1v) is 11.4. The molecular weight excluding hydrogens is 428 g/mol. The summed E-state index contributed by atoms with van der Waals surface area (Å²) < 4.78 is 28.4. The number of sulfonamides is 1. The van der Waals surface area contributed by atoms with Gasteiger partial charge in [-0.1, -0.05) is 23.7 Å². The van der Waals surface area contributed by atoms with Crippen molar-refractivity contribution in [1.82, 2.24) is 9.62 Å². The number of nitrogens with zero attached hydrogens (tertiary/aromatic N) is 1. The molecule has 0 saturated carbocycles. The number of benzene rings is 2. The van der Waals surface area contributed by atoms with Crippen molar-refractivity contribution in [2.24, 2.45) is 0 Å². The average molecular weight is 451 g/mol. The summed E-state index contributed by atoms with van der Waals surface area (Å²) in [6.45, 7) is 2.20. The summed E-state index contributed by atoms with van der Waals surface area (Å²) in [5.41, 5.74) is 0.694. The van der Waals surface area contributed by atoms with Gasteiger partial charge in [0.25, 0.3) is 0 Å². The van der Waals surface area contributed by atoms with E-state index in [9.17, 15) is 18.0 Å². The molecule has 1 amide bonds. The molecule has 2 aromatic rings. The molecule has 0 radical (unpaired) electrons. The van der Waals surface area contributed by atoms with Gasteiger partial charge in [-0.05, 0) is 68.1 Å². The largest absolute Gasteiger partial charge is 0.478 e. The number of hydrogen-bond donors (Lipinski definition) is 2. The fourth-order valence-electron chi connectivity index (χ4n) is 3.59. The van der Waals surface area contributed by atoms with Crippen LogP contribution in [-0.4, -0.2) is 42.3 Å². The van der Waals surface area contributed by atoms with Gasteiger partial charge in [0.05, 0.1) is 10.5 Å². The van der Waals surface area contributed by atoms with Crippen LogP contribution < -0.4 is 5.32 Å². The number of hydrogen-bond acceptors (Lipinski definition) is 4. The number of carboxylic acid groups (broad SMARTS) is 1. The van der Waals surface area contributed by atoms with E-state index in [1.54, 1.807) is 19.1 Å². The van der Waals surface area contributed by atoms with E-state index in [0.717, 1.165) is 6.42 Å². The molecule has 0 aliphatic carbocycles. The fraction of sp³-hybridized carbons (Fsp3) is 0.333. The van der Waals surface area contributed by atoms with E-state index in [1.807, 2.05) is 0 Å². The molecule has 1 heterocycles. The molecule has 2 N–H and O–H groups in total. The lowest BCUT2D eigenvalue weighted by Crippen LogP contribution is -2.49. The highest BCUT2D eigenvalue weighted by Crippen LogP contribution is 2.33. The van der Waals surface area contributed by atoms with Gasteiger partial charge in [0.15, 0.2) is 0 Å². The molecule has 2 aromatic carbocycles. The maximum Gasteiger partial charge on any atom is 0.335 e. The van der Waals surface area contributed by atoms with Crippen LogP contribution in [0.2, 0.25) is 5.02 Å². The molecule has 1 aliphatic rings. The van der Waals surface area contributed by atoms with Crippen molar-refractivity contribution in [1.29, 1.82) is 0 Å². The Labute approximate surface area is 180 Å². The summed E-state index contributed by atoms with van der Waals surface area (Å²) in [5, 5.41) is 12.3. The van der Waals surface area contributed by atoms with Crippen LogP contribution in [0.25, 0.3) is 0 Å². The zero-order valence-corrected chi connectivity index (χ0v) is 18.0. The van der Waals surface area contributed by atoms with Crippen LogP contribution in [0.15, 0.2) is 53.4 Å². The maximum absolute atomic E-state index is 13.6. The van der Waals surface area contributed by atoms with Gasteiger partial charge in [-0.3, -0.25) is 4.79 Å². The highest BCUT2D eigenvalue weighted by atomic mass is 35.5. The molecule has 1 aliphatic heterocycles. The van der Waals surface area contributed by atoms with Crippen molar-refractivity contribution in [2.75, 3.05) is 6.54 Å². The van der Waals surface area contributed by atoms with E-state index in [2.05, 4.69) is 5.32 Å². The minimum atomic E-state index is -4.04. The summed E-state index contributed by atoms with van der Waals surface area (Å²) in [6.07, 6.45) is 1.88. The molecule has 0 spiro atoms. The number of amides is 1. The lowest BCUT2D eigenvalue weighted by molar-refractivity contribution is -0.125. The van der Waals surface area contributed by atoms with Crippen LogP contribution >= 0.6 is 11.6 Å². The molecule has 2 atom stereocenters. The van der Waals surface area contributed by atoms with Gasteiger partial charge in [-0.15, -0.1) is 0 Å². The minimum absolute atomic E-state index is 0.0398. The van der Waals surface area contributed by atoms with Gasteiger partial charge >= 0.3 is 5.97 Å². The molecule has 1 unspecified atom stereocenters. The molecule has 0 aromatic heterocycles. The third-order valence-corrected chi connectivity index (χ3v) is 7.47. The average Bonchev–Trinajstić information content (AvgIpc) is 2.93. The number of carbonyl (C=O) groups excluding carboxylic acids is 1. The van der Waals surface area contributed by atoms with E-state index < -0.39 is 28.1 Å². The molecule has 160 valence electrons. The first-order valence-electron chi connectivity index (χ1n) is 9.62. The Morgan fingerprint density at radius 2 is 1.77 bits per heavy atom. The summed E-state index contributed by atoms with van der Waals surface area (Å²) in [6, 6.07) is 10.3. The molecule has 30 heavy (non-hydrogen) atoms. The molecule has 1 saturated heterocycles. The number of nitrogens with one attached hydrogen (secondary N) is 1. The SMILES string of the molecule is CC(c1ccc(C(=O)O)cc1)N([C@@H]1CCCCNC1=O)S(=O)(=O)c1ccc(Cl)cc1. The molecule has 0 bridgehead atoms. The third-order valence-electron chi connectivity index (χ3n) is 5.22. The second kappa shape index (κ2) is 9.16. The van der Waals surface area contributed by atoms with Crippen LogP contribution in [0, 0.1) is 0 Å².